The number of nitrogens with zero attached hydrogens (tertiary/aromatic N) is 1. The number of ether oxygens (including phenoxy) is 1. The van der Waals surface area contributed by atoms with E-state index in [4.69, 9.17) is 9.15 Å². The fourth-order valence-electron chi connectivity index (χ4n) is 2.43. The number of benzene rings is 1. The van der Waals surface area contributed by atoms with Gasteiger partial charge in [-0.3, -0.25) is 4.99 Å². The molecule has 136 valence electrons. The van der Waals surface area contributed by atoms with Crippen LogP contribution >= 0.6 is 0 Å². The Kier molecular flexibility index (Phi) is 8.05. The topological polar surface area (TPSA) is 58.8 Å². The summed E-state index contributed by atoms with van der Waals surface area (Å²) in [5.41, 5.74) is 2.62. The highest BCUT2D eigenvalue weighted by molar-refractivity contribution is 5.79. The van der Waals surface area contributed by atoms with Crippen LogP contribution in [0, 0.1) is 6.92 Å². The van der Waals surface area contributed by atoms with Gasteiger partial charge in [-0.2, -0.15) is 0 Å². The van der Waals surface area contributed by atoms with Crippen molar-refractivity contribution < 1.29 is 9.15 Å². The van der Waals surface area contributed by atoms with Crippen LogP contribution in [0.5, 0.6) is 0 Å². The first-order valence-corrected chi connectivity index (χ1v) is 8.80. The SMILES string of the molecule is CN=C(NCCCOCc1ccco1)NCC(C)c1ccc(C)cc1. The van der Waals surface area contributed by atoms with Crippen molar-refractivity contribution in [2.24, 2.45) is 4.99 Å². The van der Waals surface area contributed by atoms with Crippen molar-refractivity contribution >= 4 is 5.96 Å². The second kappa shape index (κ2) is 10.6. The van der Waals surface area contributed by atoms with E-state index in [1.165, 1.54) is 11.1 Å². The Morgan fingerprint density at radius 3 is 2.68 bits per heavy atom. The third-order valence-corrected chi connectivity index (χ3v) is 4.03. The number of hydrogen-bond donors (Lipinski definition) is 2. The molecule has 2 N–H and O–H groups in total. The lowest BCUT2D eigenvalue weighted by Crippen LogP contribution is -2.39. The van der Waals surface area contributed by atoms with E-state index in [1.807, 2.05) is 12.1 Å². The van der Waals surface area contributed by atoms with E-state index in [0.29, 0.717) is 19.1 Å². The zero-order chi connectivity index (χ0) is 17.9. The Morgan fingerprint density at radius 1 is 1.20 bits per heavy atom. The van der Waals surface area contributed by atoms with Crippen molar-refractivity contribution in [1.82, 2.24) is 10.6 Å². The molecule has 25 heavy (non-hydrogen) atoms. The van der Waals surface area contributed by atoms with Gasteiger partial charge < -0.3 is 19.8 Å². The fourth-order valence-corrected chi connectivity index (χ4v) is 2.43. The number of guanidine groups is 1. The standard InChI is InChI=1S/C20H29N3O2/c1-16-7-9-18(10-8-16)17(2)14-23-20(21-3)22-11-5-12-24-15-19-6-4-13-25-19/h4,6-10,13,17H,5,11-12,14-15H2,1-3H3,(H2,21,22,23). The van der Waals surface area contributed by atoms with Crippen LogP contribution < -0.4 is 10.6 Å². The van der Waals surface area contributed by atoms with Gasteiger partial charge in [-0.25, -0.2) is 0 Å². The van der Waals surface area contributed by atoms with Crippen LogP contribution in [0.1, 0.15) is 36.1 Å². The molecule has 1 aromatic heterocycles. The normalized spacial score (nSPS) is 12.8. The molecule has 1 atom stereocenters. The minimum absolute atomic E-state index is 0.427. The van der Waals surface area contributed by atoms with Crippen molar-refractivity contribution in [1.29, 1.82) is 0 Å². The van der Waals surface area contributed by atoms with Crippen LogP contribution in [-0.4, -0.2) is 32.7 Å². The summed E-state index contributed by atoms with van der Waals surface area (Å²) in [5, 5.41) is 6.69. The summed E-state index contributed by atoms with van der Waals surface area (Å²) < 4.78 is 10.8. The van der Waals surface area contributed by atoms with Crippen LogP contribution in [0.25, 0.3) is 0 Å². The number of aryl methyl sites for hydroxylation is 1. The Bertz CT molecular complexity index is 621. The smallest absolute Gasteiger partial charge is 0.190 e. The van der Waals surface area contributed by atoms with Crippen LogP contribution in [0.2, 0.25) is 0 Å². The molecule has 0 radical (unpaired) electrons. The predicted molar refractivity (Wildman–Crippen MR) is 102 cm³/mol. The molecule has 5 nitrogen and oxygen atoms in total. The second-order valence-electron chi connectivity index (χ2n) is 6.18. The van der Waals surface area contributed by atoms with Crippen molar-refractivity contribution in [2.45, 2.75) is 32.8 Å². The molecule has 1 aromatic carbocycles. The van der Waals surface area contributed by atoms with Gasteiger partial charge >= 0.3 is 0 Å². The van der Waals surface area contributed by atoms with E-state index in [-0.39, 0.29) is 0 Å². The summed E-state index contributed by atoms with van der Waals surface area (Å²) in [5.74, 6) is 2.11. The summed E-state index contributed by atoms with van der Waals surface area (Å²) in [4.78, 5) is 4.26. The maximum Gasteiger partial charge on any atom is 0.190 e. The first kappa shape index (κ1) is 19.1. The Morgan fingerprint density at radius 2 is 2.00 bits per heavy atom. The number of rotatable bonds is 9. The van der Waals surface area contributed by atoms with Gasteiger partial charge in [-0.1, -0.05) is 36.8 Å². The molecule has 0 saturated heterocycles. The summed E-state index contributed by atoms with van der Waals surface area (Å²) in [7, 11) is 1.79. The molecule has 0 saturated carbocycles. The summed E-state index contributed by atoms with van der Waals surface area (Å²) in [6, 6.07) is 12.5. The monoisotopic (exact) mass is 343 g/mol. The van der Waals surface area contributed by atoms with Crippen molar-refractivity contribution in [2.75, 3.05) is 26.7 Å². The third-order valence-electron chi connectivity index (χ3n) is 4.03. The molecule has 0 aliphatic rings. The van der Waals surface area contributed by atoms with Crippen LogP contribution in [0.4, 0.5) is 0 Å². The molecule has 0 aliphatic heterocycles. The maximum absolute atomic E-state index is 5.57. The highest BCUT2D eigenvalue weighted by atomic mass is 16.5. The van der Waals surface area contributed by atoms with E-state index in [9.17, 15) is 0 Å². The number of furan rings is 1. The molecule has 1 heterocycles. The van der Waals surface area contributed by atoms with Gasteiger partial charge in [0.05, 0.1) is 6.26 Å². The van der Waals surface area contributed by atoms with Gasteiger partial charge in [0.15, 0.2) is 5.96 Å². The molecule has 2 aromatic rings. The van der Waals surface area contributed by atoms with Gasteiger partial charge in [0.25, 0.3) is 0 Å². The highest BCUT2D eigenvalue weighted by Crippen LogP contribution is 2.14. The molecule has 5 heteroatoms. The first-order valence-electron chi connectivity index (χ1n) is 8.80. The number of aliphatic imine (C=N–C) groups is 1. The van der Waals surface area contributed by atoms with E-state index in [2.05, 4.69) is 53.7 Å². The molecule has 0 spiro atoms. The zero-order valence-electron chi connectivity index (χ0n) is 15.4. The first-order chi connectivity index (χ1) is 12.2. The minimum Gasteiger partial charge on any atom is -0.467 e. The zero-order valence-corrected chi connectivity index (χ0v) is 15.4. The van der Waals surface area contributed by atoms with Crippen LogP contribution in [0.3, 0.4) is 0 Å². The lowest BCUT2D eigenvalue weighted by molar-refractivity contribution is 0.105. The van der Waals surface area contributed by atoms with E-state index in [0.717, 1.165) is 31.2 Å². The van der Waals surface area contributed by atoms with Crippen molar-refractivity contribution in [3.63, 3.8) is 0 Å². The largest absolute Gasteiger partial charge is 0.467 e. The van der Waals surface area contributed by atoms with E-state index < -0.39 is 0 Å². The molecular weight excluding hydrogens is 314 g/mol. The Labute approximate surface area is 150 Å². The number of hydrogen-bond acceptors (Lipinski definition) is 3. The second-order valence-corrected chi connectivity index (χ2v) is 6.18. The maximum atomic E-state index is 5.57. The highest BCUT2D eigenvalue weighted by Gasteiger charge is 2.06. The van der Waals surface area contributed by atoms with E-state index in [1.54, 1.807) is 13.3 Å². The minimum atomic E-state index is 0.427. The summed E-state index contributed by atoms with van der Waals surface area (Å²) >= 11 is 0. The predicted octanol–water partition coefficient (Wildman–Crippen LogP) is 3.46. The Hall–Kier alpha value is -2.27. The van der Waals surface area contributed by atoms with Gasteiger partial charge in [-0.05, 0) is 37.0 Å². The molecule has 2 rings (SSSR count). The average molecular weight is 343 g/mol. The summed E-state index contributed by atoms with van der Waals surface area (Å²) in [6.45, 7) is 7.19. The quantitative estimate of drug-likeness (QED) is 0.416. The van der Waals surface area contributed by atoms with Crippen LogP contribution in [0.15, 0.2) is 52.1 Å². The van der Waals surface area contributed by atoms with Gasteiger partial charge in [-0.15, -0.1) is 0 Å². The van der Waals surface area contributed by atoms with Gasteiger partial charge in [0.2, 0.25) is 0 Å². The molecule has 0 amide bonds. The fraction of sp³-hybridized carbons (Fsp3) is 0.450. The van der Waals surface area contributed by atoms with Crippen molar-refractivity contribution in [3.05, 3.63) is 59.5 Å². The lowest BCUT2D eigenvalue weighted by Gasteiger charge is -2.16. The molecular formula is C20H29N3O2. The van der Waals surface area contributed by atoms with Crippen molar-refractivity contribution in [3.8, 4) is 0 Å². The average Bonchev–Trinajstić information content (AvgIpc) is 3.14. The summed E-state index contributed by atoms with van der Waals surface area (Å²) in [6.07, 6.45) is 2.57. The lowest BCUT2D eigenvalue weighted by atomic mass is 10.0. The van der Waals surface area contributed by atoms with Crippen LogP contribution in [-0.2, 0) is 11.3 Å². The third kappa shape index (κ3) is 7.01. The van der Waals surface area contributed by atoms with E-state index >= 15 is 0 Å². The molecule has 0 bridgehead atoms. The molecule has 1 unspecified atom stereocenters. The Balaban J connectivity index is 1.59. The van der Waals surface area contributed by atoms with Gasteiger partial charge in [0, 0.05) is 26.7 Å². The van der Waals surface area contributed by atoms with Gasteiger partial charge in [0.1, 0.15) is 12.4 Å². The number of nitrogens with one attached hydrogen (secondary N) is 2. The molecule has 0 fully saturated rings. The molecule has 0 aliphatic carbocycles.